The predicted molar refractivity (Wildman–Crippen MR) is 101 cm³/mol. The summed E-state index contributed by atoms with van der Waals surface area (Å²) in [6.45, 7) is 2.15. The first-order chi connectivity index (χ1) is 10.7. The fourth-order valence-corrected chi connectivity index (χ4v) is 4.63. The molecule has 0 amide bonds. The Morgan fingerprint density at radius 3 is 2.68 bits per heavy atom. The highest BCUT2D eigenvalue weighted by molar-refractivity contribution is 14.1. The van der Waals surface area contributed by atoms with Gasteiger partial charge in [-0.3, -0.25) is 0 Å². The number of alkyl halides is 1. The summed E-state index contributed by atoms with van der Waals surface area (Å²) in [4.78, 5) is 4.65. The van der Waals surface area contributed by atoms with Crippen molar-refractivity contribution in [2.75, 3.05) is 7.11 Å². The van der Waals surface area contributed by atoms with Crippen molar-refractivity contribution in [3.63, 3.8) is 0 Å². The number of methoxy groups -OCH3 is 1. The third kappa shape index (κ3) is 3.24. The third-order valence-corrected chi connectivity index (χ3v) is 6.57. The van der Waals surface area contributed by atoms with Crippen LogP contribution >= 0.6 is 22.6 Å². The summed E-state index contributed by atoms with van der Waals surface area (Å²) in [6, 6.07) is 8.99. The second kappa shape index (κ2) is 7.16. The molecule has 1 unspecified atom stereocenters. The molecule has 1 heterocycles. The van der Waals surface area contributed by atoms with Crippen molar-refractivity contribution in [1.82, 2.24) is 4.98 Å². The highest BCUT2D eigenvalue weighted by Gasteiger charge is 2.23. The Morgan fingerprint density at radius 1 is 1.23 bits per heavy atom. The highest BCUT2D eigenvalue weighted by atomic mass is 127. The van der Waals surface area contributed by atoms with Crippen LogP contribution in [-0.4, -0.2) is 12.1 Å². The van der Waals surface area contributed by atoms with Crippen molar-refractivity contribution in [3.8, 4) is 5.88 Å². The fraction of sp³-hybridized carbons (Fsp3) is 0.526. The number of aromatic nitrogens is 1. The van der Waals surface area contributed by atoms with E-state index in [4.69, 9.17) is 4.74 Å². The van der Waals surface area contributed by atoms with Gasteiger partial charge in [-0.25, -0.2) is 4.98 Å². The van der Waals surface area contributed by atoms with E-state index in [9.17, 15) is 0 Å². The van der Waals surface area contributed by atoms with Crippen molar-refractivity contribution in [2.45, 2.75) is 49.4 Å². The molecule has 22 heavy (non-hydrogen) atoms. The fourth-order valence-electron chi connectivity index (χ4n) is 3.52. The van der Waals surface area contributed by atoms with Crippen LogP contribution in [0.5, 0.6) is 5.88 Å². The molecule has 2 aromatic rings. The largest absolute Gasteiger partial charge is 0.481 e. The van der Waals surface area contributed by atoms with Crippen LogP contribution in [0.4, 0.5) is 0 Å². The molecule has 3 rings (SSSR count). The predicted octanol–water partition coefficient (Wildman–Crippen LogP) is 5.86. The summed E-state index contributed by atoms with van der Waals surface area (Å²) in [5.41, 5.74) is 3.67. The van der Waals surface area contributed by atoms with Gasteiger partial charge >= 0.3 is 0 Å². The normalized spacial score (nSPS) is 17.6. The molecule has 1 aliphatic carbocycles. The zero-order valence-corrected chi connectivity index (χ0v) is 15.6. The second-order valence-corrected chi connectivity index (χ2v) is 7.60. The van der Waals surface area contributed by atoms with Crippen molar-refractivity contribution in [3.05, 3.63) is 35.4 Å². The van der Waals surface area contributed by atoms with Crippen LogP contribution in [0.1, 0.15) is 54.1 Å². The Hall–Kier alpha value is -0.840. The number of rotatable bonds is 4. The Balaban J connectivity index is 1.94. The maximum Gasteiger partial charge on any atom is 0.216 e. The summed E-state index contributed by atoms with van der Waals surface area (Å²) in [6.07, 6.45) is 7.93. The number of ether oxygens (including phenoxy) is 1. The van der Waals surface area contributed by atoms with E-state index in [0.29, 0.717) is 3.92 Å². The molecule has 118 valence electrons. The first-order valence-corrected chi connectivity index (χ1v) is 9.59. The summed E-state index contributed by atoms with van der Waals surface area (Å²) < 4.78 is 6.02. The van der Waals surface area contributed by atoms with Crippen LogP contribution in [0.3, 0.4) is 0 Å². The van der Waals surface area contributed by atoms with Gasteiger partial charge in [0.25, 0.3) is 0 Å². The Morgan fingerprint density at radius 2 is 2.00 bits per heavy atom. The lowest BCUT2D eigenvalue weighted by Gasteiger charge is -2.27. The van der Waals surface area contributed by atoms with Gasteiger partial charge in [0, 0.05) is 14.9 Å². The lowest BCUT2D eigenvalue weighted by molar-refractivity contribution is 0.358. The molecular weight excluding hydrogens is 385 g/mol. The molecule has 1 atom stereocenters. The van der Waals surface area contributed by atoms with Crippen LogP contribution in [0.15, 0.2) is 24.3 Å². The standard InChI is InChI=1S/C19H24INO/c1-3-13-11-16-12-15(9-10-17(16)21-19(13)22-2)18(20)14-7-5-4-6-8-14/h9-12,14,18H,3-8H2,1-2H3. The molecule has 3 heteroatoms. The van der Waals surface area contributed by atoms with E-state index in [1.807, 2.05) is 0 Å². The van der Waals surface area contributed by atoms with Gasteiger partial charge in [-0.1, -0.05) is 54.8 Å². The quantitative estimate of drug-likeness (QED) is 0.466. The monoisotopic (exact) mass is 409 g/mol. The van der Waals surface area contributed by atoms with Gasteiger partial charge < -0.3 is 4.74 Å². The number of fused-ring (bicyclic) bond motifs is 1. The molecule has 1 aromatic heterocycles. The smallest absolute Gasteiger partial charge is 0.216 e. The van der Waals surface area contributed by atoms with Crippen LogP contribution in [0.2, 0.25) is 0 Å². The number of hydrogen-bond acceptors (Lipinski definition) is 2. The first-order valence-electron chi connectivity index (χ1n) is 8.34. The molecule has 1 saturated carbocycles. The minimum atomic E-state index is 0.620. The van der Waals surface area contributed by atoms with Crippen LogP contribution < -0.4 is 4.74 Å². The van der Waals surface area contributed by atoms with Crippen molar-refractivity contribution in [2.24, 2.45) is 5.92 Å². The number of nitrogens with zero attached hydrogens (tertiary/aromatic N) is 1. The van der Waals surface area contributed by atoms with Gasteiger partial charge in [0.05, 0.1) is 12.6 Å². The van der Waals surface area contributed by atoms with E-state index in [0.717, 1.165) is 23.7 Å². The second-order valence-electron chi connectivity index (χ2n) is 6.26. The topological polar surface area (TPSA) is 22.1 Å². The average Bonchev–Trinajstić information content (AvgIpc) is 2.60. The summed E-state index contributed by atoms with van der Waals surface area (Å²) in [5, 5.41) is 1.24. The van der Waals surface area contributed by atoms with Gasteiger partial charge in [0.15, 0.2) is 0 Å². The van der Waals surface area contributed by atoms with E-state index in [2.05, 4.69) is 58.8 Å². The molecule has 1 fully saturated rings. The summed E-state index contributed by atoms with van der Waals surface area (Å²) in [5.74, 6) is 1.60. The Kier molecular flexibility index (Phi) is 5.21. The van der Waals surface area contributed by atoms with Crippen molar-refractivity contribution < 1.29 is 4.74 Å². The van der Waals surface area contributed by atoms with Gasteiger partial charge in [0.2, 0.25) is 5.88 Å². The zero-order valence-electron chi connectivity index (χ0n) is 13.4. The van der Waals surface area contributed by atoms with Crippen molar-refractivity contribution >= 4 is 33.5 Å². The van der Waals surface area contributed by atoms with Gasteiger partial charge in [0.1, 0.15) is 0 Å². The molecule has 0 saturated heterocycles. The van der Waals surface area contributed by atoms with E-state index in [1.54, 1.807) is 7.11 Å². The van der Waals surface area contributed by atoms with Crippen LogP contribution in [-0.2, 0) is 6.42 Å². The molecule has 1 aliphatic rings. The Bertz CT molecular complexity index is 649. The van der Waals surface area contributed by atoms with E-state index >= 15 is 0 Å². The SMILES string of the molecule is CCc1cc2cc(C(I)C3CCCCC3)ccc2nc1OC. The average molecular weight is 409 g/mol. The van der Waals surface area contributed by atoms with Crippen LogP contribution in [0.25, 0.3) is 10.9 Å². The number of aryl methyl sites for hydroxylation is 1. The minimum absolute atomic E-state index is 0.620. The van der Waals surface area contributed by atoms with Gasteiger partial charge in [-0.2, -0.15) is 0 Å². The number of benzene rings is 1. The van der Waals surface area contributed by atoms with Crippen molar-refractivity contribution in [1.29, 1.82) is 0 Å². The Labute approximate surface area is 146 Å². The molecule has 0 radical (unpaired) electrons. The third-order valence-electron chi connectivity index (χ3n) is 4.83. The number of halogens is 1. The first kappa shape index (κ1) is 16.0. The molecular formula is C19H24INO. The zero-order chi connectivity index (χ0) is 15.5. The molecule has 0 bridgehead atoms. The molecule has 2 nitrogen and oxygen atoms in total. The molecule has 0 spiro atoms. The van der Waals surface area contributed by atoms with E-state index < -0.39 is 0 Å². The number of pyridine rings is 1. The summed E-state index contributed by atoms with van der Waals surface area (Å²) in [7, 11) is 1.70. The van der Waals surface area contributed by atoms with Gasteiger partial charge in [-0.05, 0) is 48.9 Å². The highest BCUT2D eigenvalue weighted by Crippen LogP contribution is 2.41. The molecule has 0 aliphatic heterocycles. The summed E-state index contributed by atoms with van der Waals surface area (Å²) >= 11 is 2.65. The van der Waals surface area contributed by atoms with E-state index in [-0.39, 0.29) is 0 Å². The minimum Gasteiger partial charge on any atom is -0.481 e. The van der Waals surface area contributed by atoms with E-state index in [1.165, 1.54) is 48.6 Å². The lowest BCUT2D eigenvalue weighted by Crippen LogP contribution is -2.11. The maximum atomic E-state index is 5.40. The number of hydrogen-bond donors (Lipinski definition) is 0. The molecule has 1 aromatic carbocycles. The maximum absolute atomic E-state index is 5.40. The molecule has 0 N–H and O–H groups in total. The van der Waals surface area contributed by atoms with Crippen LogP contribution in [0, 0.1) is 5.92 Å². The lowest BCUT2D eigenvalue weighted by atomic mass is 9.84. The van der Waals surface area contributed by atoms with Gasteiger partial charge in [-0.15, -0.1) is 0 Å².